The van der Waals surface area contributed by atoms with Crippen LogP contribution in [0.5, 0.6) is 0 Å². The highest BCUT2D eigenvalue weighted by atomic mass is 16.5. The highest BCUT2D eigenvalue weighted by molar-refractivity contribution is 5.07. The van der Waals surface area contributed by atoms with E-state index in [-0.39, 0.29) is 0 Å². The Morgan fingerprint density at radius 2 is 2.53 bits per heavy atom. The van der Waals surface area contributed by atoms with E-state index >= 15 is 0 Å². The Hall–Kier alpha value is -0.930. The van der Waals surface area contributed by atoms with Crippen molar-refractivity contribution in [2.45, 2.75) is 31.9 Å². The van der Waals surface area contributed by atoms with Crippen LogP contribution in [0.15, 0.2) is 24.4 Å². The van der Waals surface area contributed by atoms with Gasteiger partial charge in [-0.3, -0.25) is 4.98 Å². The number of pyridine rings is 1. The molecular formula is C12H18N2O. The third-order valence-electron chi connectivity index (χ3n) is 2.81. The molecule has 0 aromatic carbocycles. The smallest absolute Gasteiger partial charge is 0.0700 e. The zero-order valence-electron chi connectivity index (χ0n) is 9.15. The lowest BCUT2D eigenvalue weighted by atomic mass is 10.2. The van der Waals surface area contributed by atoms with Gasteiger partial charge in [-0.1, -0.05) is 6.07 Å². The van der Waals surface area contributed by atoms with Crippen LogP contribution in [0.4, 0.5) is 0 Å². The second kappa shape index (κ2) is 5.24. The summed E-state index contributed by atoms with van der Waals surface area (Å²) < 4.78 is 5.56. The van der Waals surface area contributed by atoms with E-state index in [9.17, 15) is 0 Å². The Morgan fingerprint density at radius 1 is 1.60 bits per heavy atom. The van der Waals surface area contributed by atoms with Crippen LogP contribution in [0.3, 0.4) is 0 Å². The Morgan fingerprint density at radius 3 is 3.20 bits per heavy atom. The molecule has 3 heteroatoms. The fourth-order valence-corrected chi connectivity index (χ4v) is 1.85. The molecule has 1 aliphatic rings. The van der Waals surface area contributed by atoms with Crippen molar-refractivity contribution in [1.82, 2.24) is 10.3 Å². The summed E-state index contributed by atoms with van der Waals surface area (Å²) in [5, 5.41) is 3.45. The van der Waals surface area contributed by atoms with Crippen LogP contribution in [0.2, 0.25) is 0 Å². The molecule has 1 aliphatic heterocycles. The SMILES string of the molecule is C[C@@H](NC[C@H]1CCCO1)c1ccccn1. The van der Waals surface area contributed by atoms with E-state index in [4.69, 9.17) is 4.74 Å². The van der Waals surface area contributed by atoms with E-state index in [1.807, 2.05) is 24.4 Å². The van der Waals surface area contributed by atoms with Gasteiger partial charge in [0.25, 0.3) is 0 Å². The van der Waals surface area contributed by atoms with Crippen molar-refractivity contribution >= 4 is 0 Å². The van der Waals surface area contributed by atoms with Gasteiger partial charge in [-0.25, -0.2) is 0 Å². The zero-order valence-corrected chi connectivity index (χ0v) is 9.15. The summed E-state index contributed by atoms with van der Waals surface area (Å²) in [6.45, 7) is 3.99. The van der Waals surface area contributed by atoms with Crippen molar-refractivity contribution < 1.29 is 4.74 Å². The Bertz CT molecular complexity index is 283. The average Bonchev–Trinajstić information content (AvgIpc) is 2.80. The highest BCUT2D eigenvalue weighted by Crippen LogP contribution is 2.13. The maximum atomic E-state index is 5.56. The summed E-state index contributed by atoms with van der Waals surface area (Å²) in [5.74, 6) is 0. The van der Waals surface area contributed by atoms with E-state index in [0.29, 0.717) is 12.1 Å². The quantitative estimate of drug-likeness (QED) is 0.817. The summed E-state index contributed by atoms with van der Waals surface area (Å²) in [6, 6.07) is 6.31. The Kier molecular flexibility index (Phi) is 3.69. The molecule has 1 aromatic rings. The normalized spacial score (nSPS) is 22.9. The molecule has 0 spiro atoms. The number of ether oxygens (including phenoxy) is 1. The molecule has 0 saturated carbocycles. The van der Waals surface area contributed by atoms with Gasteiger partial charge in [0, 0.05) is 25.4 Å². The largest absolute Gasteiger partial charge is 0.377 e. The van der Waals surface area contributed by atoms with Crippen LogP contribution in [0.1, 0.15) is 31.5 Å². The van der Waals surface area contributed by atoms with Gasteiger partial charge in [0.1, 0.15) is 0 Å². The Labute approximate surface area is 90.9 Å². The second-order valence-corrected chi connectivity index (χ2v) is 4.02. The number of rotatable bonds is 4. The highest BCUT2D eigenvalue weighted by Gasteiger charge is 2.16. The lowest BCUT2D eigenvalue weighted by molar-refractivity contribution is 0.108. The van der Waals surface area contributed by atoms with Gasteiger partial charge in [0.15, 0.2) is 0 Å². The monoisotopic (exact) mass is 206 g/mol. The fourth-order valence-electron chi connectivity index (χ4n) is 1.85. The first kappa shape index (κ1) is 10.6. The van der Waals surface area contributed by atoms with E-state index < -0.39 is 0 Å². The maximum absolute atomic E-state index is 5.56. The third kappa shape index (κ3) is 3.01. The molecule has 0 aliphatic carbocycles. The number of nitrogens with zero attached hydrogens (tertiary/aromatic N) is 1. The lowest BCUT2D eigenvalue weighted by Crippen LogP contribution is -2.29. The molecule has 0 bridgehead atoms. The summed E-state index contributed by atoms with van der Waals surface area (Å²) in [5.41, 5.74) is 1.09. The van der Waals surface area contributed by atoms with Crippen LogP contribution >= 0.6 is 0 Å². The van der Waals surface area contributed by atoms with E-state index in [1.54, 1.807) is 0 Å². The second-order valence-electron chi connectivity index (χ2n) is 4.02. The van der Waals surface area contributed by atoms with Gasteiger partial charge in [-0.15, -0.1) is 0 Å². The fraction of sp³-hybridized carbons (Fsp3) is 0.583. The van der Waals surface area contributed by atoms with Crippen LogP contribution in [0, 0.1) is 0 Å². The molecule has 2 rings (SSSR count). The van der Waals surface area contributed by atoms with Gasteiger partial charge in [0.05, 0.1) is 11.8 Å². The average molecular weight is 206 g/mol. The summed E-state index contributed by atoms with van der Waals surface area (Å²) in [7, 11) is 0. The summed E-state index contributed by atoms with van der Waals surface area (Å²) in [6.07, 6.45) is 4.61. The van der Waals surface area contributed by atoms with Crippen molar-refractivity contribution in [3.05, 3.63) is 30.1 Å². The minimum atomic E-state index is 0.301. The molecule has 1 N–H and O–H groups in total. The third-order valence-corrected chi connectivity index (χ3v) is 2.81. The molecule has 2 atom stereocenters. The number of hydrogen-bond donors (Lipinski definition) is 1. The molecule has 1 fully saturated rings. The van der Waals surface area contributed by atoms with E-state index in [1.165, 1.54) is 12.8 Å². The first-order valence-corrected chi connectivity index (χ1v) is 5.62. The van der Waals surface area contributed by atoms with Crippen molar-refractivity contribution in [2.24, 2.45) is 0 Å². The van der Waals surface area contributed by atoms with Crippen LogP contribution in [0.25, 0.3) is 0 Å². The molecule has 1 saturated heterocycles. The van der Waals surface area contributed by atoms with Crippen molar-refractivity contribution in [2.75, 3.05) is 13.2 Å². The van der Waals surface area contributed by atoms with Crippen LogP contribution in [-0.4, -0.2) is 24.2 Å². The molecule has 0 unspecified atom stereocenters. The standard InChI is InChI=1S/C12H18N2O/c1-10(12-6-2-3-7-13-12)14-9-11-5-4-8-15-11/h2-3,6-7,10-11,14H,4-5,8-9H2,1H3/t10-,11-/m1/s1. The van der Waals surface area contributed by atoms with E-state index in [0.717, 1.165) is 18.8 Å². The first-order valence-electron chi connectivity index (χ1n) is 5.62. The topological polar surface area (TPSA) is 34.1 Å². The van der Waals surface area contributed by atoms with Crippen LogP contribution in [-0.2, 0) is 4.74 Å². The summed E-state index contributed by atoms with van der Waals surface area (Å²) in [4.78, 5) is 4.32. The zero-order chi connectivity index (χ0) is 10.5. The van der Waals surface area contributed by atoms with Crippen molar-refractivity contribution in [3.63, 3.8) is 0 Å². The minimum Gasteiger partial charge on any atom is -0.377 e. The van der Waals surface area contributed by atoms with Gasteiger partial charge in [-0.05, 0) is 31.9 Å². The minimum absolute atomic E-state index is 0.301. The van der Waals surface area contributed by atoms with Gasteiger partial charge < -0.3 is 10.1 Å². The lowest BCUT2D eigenvalue weighted by Gasteiger charge is -2.16. The molecule has 2 heterocycles. The maximum Gasteiger partial charge on any atom is 0.0700 e. The summed E-state index contributed by atoms with van der Waals surface area (Å²) >= 11 is 0. The van der Waals surface area contributed by atoms with Crippen molar-refractivity contribution in [3.8, 4) is 0 Å². The van der Waals surface area contributed by atoms with Gasteiger partial charge in [-0.2, -0.15) is 0 Å². The van der Waals surface area contributed by atoms with Crippen molar-refractivity contribution in [1.29, 1.82) is 0 Å². The van der Waals surface area contributed by atoms with E-state index in [2.05, 4.69) is 17.2 Å². The predicted molar refractivity (Wildman–Crippen MR) is 59.6 cm³/mol. The molecule has 15 heavy (non-hydrogen) atoms. The molecule has 1 aromatic heterocycles. The number of hydrogen-bond acceptors (Lipinski definition) is 3. The number of aromatic nitrogens is 1. The first-order chi connectivity index (χ1) is 7.36. The van der Waals surface area contributed by atoms with Crippen LogP contribution < -0.4 is 5.32 Å². The molecule has 3 nitrogen and oxygen atoms in total. The van der Waals surface area contributed by atoms with Gasteiger partial charge in [0.2, 0.25) is 0 Å². The number of nitrogens with one attached hydrogen (secondary N) is 1. The van der Waals surface area contributed by atoms with Gasteiger partial charge >= 0.3 is 0 Å². The molecular weight excluding hydrogens is 188 g/mol. The molecule has 82 valence electrons. The Balaban J connectivity index is 1.79. The predicted octanol–water partition coefficient (Wildman–Crippen LogP) is 1.91. The molecule has 0 amide bonds. The molecule has 0 radical (unpaired) electrons.